The molecule has 2 rings (SSSR count). The summed E-state index contributed by atoms with van der Waals surface area (Å²) in [6.45, 7) is -2.94. The molecular weight excluding hydrogens is 336 g/mol. The Kier molecular flexibility index (Phi) is 6.87. The number of para-hydroxylation sites is 2. The van der Waals surface area contributed by atoms with Gasteiger partial charge in [0.25, 0.3) is 0 Å². The van der Waals surface area contributed by atoms with E-state index in [-0.39, 0.29) is 23.8 Å². The van der Waals surface area contributed by atoms with E-state index in [1.165, 1.54) is 23.9 Å². The highest BCUT2D eigenvalue weighted by atomic mass is 32.2. The molecule has 2 aromatic rings. The fourth-order valence-corrected chi connectivity index (χ4v) is 2.77. The van der Waals surface area contributed by atoms with Gasteiger partial charge in [0.05, 0.1) is 12.8 Å². The molecule has 128 valence electrons. The van der Waals surface area contributed by atoms with Crippen LogP contribution in [0.3, 0.4) is 0 Å². The first-order valence-corrected chi connectivity index (χ1v) is 8.17. The summed E-state index contributed by atoms with van der Waals surface area (Å²) >= 11 is 1.53. The fraction of sp³-hybridized carbons (Fsp3) is 0.235. The van der Waals surface area contributed by atoms with Crippen molar-refractivity contribution in [3.63, 3.8) is 0 Å². The minimum atomic E-state index is -2.94. The number of methoxy groups -OCH3 is 1. The lowest BCUT2D eigenvalue weighted by Gasteiger charge is -2.11. The standard InChI is InChI=1S/C17H17F2NO3S/c1-22-12-6-8-13(9-7-12)24-11-10-16(21)20-14-4-2-3-5-15(14)23-17(18)19/h2-9,17H,10-11H2,1H3,(H,20,21). The molecule has 24 heavy (non-hydrogen) atoms. The third-order valence-electron chi connectivity index (χ3n) is 3.03. The maximum absolute atomic E-state index is 12.3. The molecule has 0 atom stereocenters. The third kappa shape index (κ3) is 5.73. The van der Waals surface area contributed by atoms with Gasteiger partial charge in [-0.3, -0.25) is 4.79 Å². The van der Waals surface area contributed by atoms with Gasteiger partial charge in [0.1, 0.15) is 11.5 Å². The maximum atomic E-state index is 12.3. The number of thioether (sulfide) groups is 1. The van der Waals surface area contributed by atoms with Crippen LogP contribution in [0.5, 0.6) is 11.5 Å². The number of halogens is 2. The Balaban J connectivity index is 1.83. The second kappa shape index (κ2) is 9.12. The lowest BCUT2D eigenvalue weighted by molar-refractivity contribution is -0.115. The van der Waals surface area contributed by atoms with Gasteiger partial charge in [-0.2, -0.15) is 8.78 Å². The van der Waals surface area contributed by atoms with Crippen LogP contribution in [0.15, 0.2) is 53.4 Å². The average Bonchev–Trinajstić information content (AvgIpc) is 2.57. The van der Waals surface area contributed by atoms with Crippen LogP contribution in [0.4, 0.5) is 14.5 Å². The number of benzene rings is 2. The quantitative estimate of drug-likeness (QED) is 0.714. The summed E-state index contributed by atoms with van der Waals surface area (Å²) in [4.78, 5) is 13.0. The molecule has 4 nitrogen and oxygen atoms in total. The van der Waals surface area contributed by atoms with Crippen molar-refractivity contribution in [2.24, 2.45) is 0 Å². The molecule has 0 aliphatic heterocycles. The van der Waals surface area contributed by atoms with Crippen LogP contribution in [0.2, 0.25) is 0 Å². The second-order valence-electron chi connectivity index (χ2n) is 4.70. The Morgan fingerprint density at radius 3 is 2.54 bits per heavy atom. The molecule has 0 saturated heterocycles. The lowest BCUT2D eigenvalue weighted by Crippen LogP contribution is -2.14. The van der Waals surface area contributed by atoms with E-state index in [1.54, 1.807) is 19.2 Å². The van der Waals surface area contributed by atoms with Gasteiger partial charge in [0, 0.05) is 17.1 Å². The van der Waals surface area contributed by atoms with Crippen LogP contribution < -0.4 is 14.8 Å². The zero-order valence-electron chi connectivity index (χ0n) is 13.0. The van der Waals surface area contributed by atoms with E-state index >= 15 is 0 Å². The summed E-state index contributed by atoms with van der Waals surface area (Å²) in [7, 11) is 1.60. The summed E-state index contributed by atoms with van der Waals surface area (Å²) in [6, 6.07) is 13.6. The minimum Gasteiger partial charge on any atom is -0.497 e. The zero-order valence-corrected chi connectivity index (χ0v) is 13.8. The molecule has 0 saturated carbocycles. The van der Waals surface area contributed by atoms with Gasteiger partial charge >= 0.3 is 6.61 Å². The van der Waals surface area contributed by atoms with E-state index in [2.05, 4.69) is 10.1 Å². The van der Waals surface area contributed by atoms with Crippen LogP contribution in [0.1, 0.15) is 6.42 Å². The molecule has 0 spiro atoms. The SMILES string of the molecule is COc1ccc(SCCC(=O)Nc2ccccc2OC(F)F)cc1. The molecule has 0 bridgehead atoms. The predicted octanol–water partition coefficient (Wildman–Crippen LogP) is 4.42. The van der Waals surface area contributed by atoms with Gasteiger partial charge in [0.15, 0.2) is 0 Å². The number of carbonyl (C=O) groups excluding carboxylic acids is 1. The fourth-order valence-electron chi connectivity index (χ4n) is 1.91. The predicted molar refractivity (Wildman–Crippen MR) is 90.0 cm³/mol. The molecule has 1 amide bonds. The topological polar surface area (TPSA) is 47.6 Å². The van der Waals surface area contributed by atoms with Crippen molar-refractivity contribution in [2.75, 3.05) is 18.2 Å². The number of nitrogens with one attached hydrogen (secondary N) is 1. The van der Waals surface area contributed by atoms with Gasteiger partial charge in [-0.25, -0.2) is 0 Å². The molecule has 0 unspecified atom stereocenters. The van der Waals surface area contributed by atoms with Gasteiger partial charge < -0.3 is 14.8 Å². The second-order valence-corrected chi connectivity index (χ2v) is 5.87. The first kappa shape index (κ1) is 18.1. The lowest BCUT2D eigenvalue weighted by atomic mass is 10.3. The number of anilines is 1. The Hall–Kier alpha value is -2.28. The summed E-state index contributed by atoms with van der Waals surface area (Å²) < 4.78 is 34.1. The van der Waals surface area contributed by atoms with Gasteiger partial charge in [-0.15, -0.1) is 11.8 Å². The van der Waals surface area contributed by atoms with Crippen molar-refractivity contribution in [3.05, 3.63) is 48.5 Å². The van der Waals surface area contributed by atoms with E-state index in [0.29, 0.717) is 5.75 Å². The minimum absolute atomic E-state index is 0.0522. The number of hydrogen-bond acceptors (Lipinski definition) is 4. The molecule has 0 radical (unpaired) electrons. The normalized spacial score (nSPS) is 10.5. The van der Waals surface area contributed by atoms with Crippen molar-refractivity contribution in [1.29, 1.82) is 0 Å². The first-order chi connectivity index (χ1) is 11.6. The molecule has 2 aromatic carbocycles. The number of alkyl halides is 2. The molecule has 0 fully saturated rings. The third-order valence-corrected chi connectivity index (χ3v) is 4.05. The number of carbonyl (C=O) groups is 1. The van der Waals surface area contributed by atoms with Crippen molar-refractivity contribution in [3.8, 4) is 11.5 Å². The highest BCUT2D eigenvalue weighted by Gasteiger charge is 2.11. The van der Waals surface area contributed by atoms with Crippen LogP contribution in [0.25, 0.3) is 0 Å². The Bertz CT molecular complexity index is 665. The van der Waals surface area contributed by atoms with Crippen molar-refractivity contribution in [2.45, 2.75) is 17.9 Å². The van der Waals surface area contributed by atoms with Gasteiger partial charge in [-0.05, 0) is 36.4 Å². The average molecular weight is 353 g/mol. The summed E-state index contributed by atoms with van der Waals surface area (Å²) in [5.41, 5.74) is 0.234. The smallest absolute Gasteiger partial charge is 0.387 e. The number of amides is 1. The summed E-state index contributed by atoms with van der Waals surface area (Å²) in [5, 5.41) is 2.59. The zero-order chi connectivity index (χ0) is 17.4. The molecule has 0 aliphatic rings. The van der Waals surface area contributed by atoms with Crippen LogP contribution in [-0.2, 0) is 4.79 Å². The highest BCUT2D eigenvalue weighted by Crippen LogP contribution is 2.26. The highest BCUT2D eigenvalue weighted by molar-refractivity contribution is 7.99. The summed E-state index contributed by atoms with van der Waals surface area (Å²) in [6.07, 6.45) is 0.250. The monoisotopic (exact) mass is 353 g/mol. The Labute approximate surface area is 143 Å². The van der Waals surface area contributed by atoms with E-state index in [9.17, 15) is 13.6 Å². The molecule has 0 aliphatic carbocycles. The van der Waals surface area contributed by atoms with E-state index < -0.39 is 6.61 Å². The molecule has 7 heteroatoms. The molecule has 1 N–H and O–H groups in total. The Morgan fingerprint density at radius 1 is 1.17 bits per heavy atom. The number of rotatable bonds is 8. The molecule has 0 aromatic heterocycles. The van der Waals surface area contributed by atoms with Crippen molar-refractivity contribution in [1.82, 2.24) is 0 Å². The van der Waals surface area contributed by atoms with Crippen LogP contribution >= 0.6 is 11.8 Å². The van der Waals surface area contributed by atoms with Gasteiger partial charge in [-0.1, -0.05) is 12.1 Å². The van der Waals surface area contributed by atoms with Gasteiger partial charge in [0.2, 0.25) is 5.91 Å². The summed E-state index contributed by atoms with van der Waals surface area (Å²) in [5.74, 6) is 1.02. The molecule has 0 heterocycles. The number of hydrogen-bond donors (Lipinski definition) is 1. The van der Waals surface area contributed by atoms with Crippen LogP contribution in [-0.4, -0.2) is 25.4 Å². The van der Waals surface area contributed by atoms with E-state index in [4.69, 9.17) is 4.74 Å². The molecular formula is C17H17F2NO3S. The Morgan fingerprint density at radius 2 is 1.88 bits per heavy atom. The maximum Gasteiger partial charge on any atom is 0.387 e. The first-order valence-electron chi connectivity index (χ1n) is 7.19. The van der Waals surface area contributed by atoms with E-state index in [0.717, 1.165) is 10.6 Å². The van der Waals surface area contributed by atoms with E-state index in [1.807, 2.05) is 24.3 Å². The largest absolute Gasteiger partial charge is 0.497 e. The van der Waals surface area contributed by atoms with Crippen molar-refractivity contribution >= 4 is 23.4 Å². The van der Waals surface area contributed by atoms with Crippen molar-refractivity contribution < 1.29 is 23.0 Å². The van der Waals surface area contributed by atoms with Crippen LogP contribution in [0, 0.1) is 0 Å². The number of ether oxygens (including phenoxy) is 2.